The molecule has 2 aliphatic heterocycles. The molecule has 3 amide bonds. The Morgan fingerprint density at radius 1 is 1.32 bits per heavy atom. The summed E-state index contributed by atoms with van der Waals surface area (Å²) in [5.41, 5.74) is 2.80. The second-order valence-electron chi connectivity index (χ2n) is 5.71. The normalized spacial score (nSPS) is 17.5. The van der Waals surface area contributed by atoms with Crippen LogP contribution in [-0.2, 0) is 11.2 Å². The Labute approximate surface area is 128 Å². The van der Waals surface area contributed by atoms with Gasteiger partial charge in [0, 0.05) is 19.5 Å². The van der Waals surface area contributed by atoms with Crippen LogP contribution in [0.1, 0.15) is 25.3 Å². The van der Waals surface area contributed by atoms with Crippen LogP contribution in [0.25, 0.3) is 0 Å². The summed E-state index contributed by atoms with van der Waals surface area (Å²) < 4.78 is 13.7. The lowest BCUT2D eigenvalue weighted by Gasteiger charge is -2.27. The smallest absolute Gasteiger partial charge is 0.322 e. The molecule has 5 nitrogen and oxygen atoms in total. The zero-order valence-electron chi connectivity index (χ0n) is 12.4. The summed E-state index contributed by atoms with van der Waals surface area (Å²) >= 11 is 0. The number of nitrogens with zero attached hydrogens (tertiary/aromatic N) is 1. The minimum Gasteiger partial charge on any atom is -0.324 e. The standard InChI is InChI=1S/C16H18FN3O2/c1-10-4-6-20(7-5-10)16(22)18-13-9-12(17)8-11-2-3-14(21)19-15(11)13/h4,8-9H,2-3,5-7H2,1H3,(H,18,22)(H,19,21). The highest BCUT2D eigenvalue weighted by molar-refractivity contribution is 6.01. The fraction of sp³-hybridized carbons (Fsp3) is 0.375. The summed E-state index contributed by atoms with van der Waals surface area (Å²) in [6.07, 6.45) is 3.66. The van der Waals surface area contributed by atoms with Crippen molar-refractivity contribution >= 4 is 23.3 Å². The van der Waals surface area contributed by atoms with Gasteiger partial charge in [0.05, 0.1) is 11.4 Å². The van der Waals surface area contributed by atoms with Crippen molar-refractivity contribution in [2.24, 2.45) is 0 Å². The Bertz CT molecular complexity index is 670. The number of fused-ring (bicyclic) bond motifs is 1. The molecule has 0 aliphatic carbocycles. The first-order valence-electron chi connectivity index (χ1n) is 7.37. The van der Waals surface area contributed by atoms with Gasteiger partial charge in [0.1, 0.15) is 5.82 Å². The average Bonchev–Trinajstić information content (AvgIpc) is 2.48. The molecule has 3 rings (SSSR count). The van der Waals surface area contributed by atoms with Crippen molar-refractivity contribution in [3.8, 4) is 0 Å². The molecular formula is C16H18FN3O2. The molecule has 0 atom stereocenters. The fourth-order valence-corrected chi connectivity index (χ4v) is 2.71. The number of carbonyl (C=O) groups is 2. The van der Waals surface area contributed by atoms with Crippen LogP contribution >= 0.6 is 0 Å². The third-order valence-corrected chi connectivity index (χ3v) is 4.04. The molecule has 116 valence electrons. The monoisotopic (exact) mass is 303 g/mol. The van der Waals surface area contributed by atoms with Gasteiger partial charge in [-0.05, 0) is 37.5 Å². The van der Waals surface area contributed by atoms with Gasteiger partial charge in [-0.15, -0.1) is 0 Å². The number of carbonyl (C=O) groups excluding carboxylic acids is 2. The first-order valence-corrected chi connectivity index (χ1v) is 7.37. The summed E-state index contributed by atoms with van der Waals surface area (Å²) in [5, 5.41) is 5.44. The van der Waals surface area contributed by atoms with Crippen LogP contribution in [-0.4, -0.2) is 29.9 Å². The van der Waals surface area contributed by atoms with Crippen LogP contribution in [0.4, 0.5) is 20.6 Å². The molecule has 0 aromatic heterocycles. The van der Waals surface area contributed by atoms with Gasteiger partial charge in [0.15, 0.2) is 0 Å². The minimum atomic E-state index is -0.417. The van der Waals surface area contributed by atoms with E-state index in [1.165, 1.54) is 17.7 Å². The number of benzene rings is 1. The Balaban J connectivity index is 1.81. The number of nitrogens with one attached hydrogen (secondary N) is 2. The van der Waals surface area contributed by atoms with Crippen molar-refractivity contribution in [2.75, 3.05) is 23.7 Å². The Morgan fingerprint density at radius 2 is 2.14 bits per heavy atom. The van der Waals surface area contributed by atoms with Gasteiger partial charge in [-0.25, -0.2) is 9.18 Å². The molecule has 0 radical (unpaired) electrons. The predicted octanol–water partition coefficient (Wildman–Crippen LogP) is 2.89. The van der Waals surface area contributed by atoms with E-state index in [1.807, 2.05) is 13.0 Å². The molecule has 1 aromatic rings. The molecule has 22 heavy (non-hydrogen) atoms. The lowest BCUT2D eigenvalue weighted by atomic mass is 10.0. The Morgan fingerprint density at radius 3 is 2.86 bits per heavy atom. The highest BCUT2D eigenvalue weighted by atomic mass is 19.1. The largest absolute Gasteiger partial charge is 0.324 e. The molecule has 0 saturated heterocycles. The van der Waals surface area contributed by atoms with Gasteiger partial charge in [-0.3, -0.25) is 4.79 Å². The van der Waals surface area contributed by atoms with E-state index in [0.717, 1.165) is 6.42 Å². The second kappa shape index (κ2) is 5.79. The van der Waals surface area contributed by atoms with Crippen LogP contribution in [0, 0.1) is 5.82 Å². The molecule has 1 aromatic carbocycles. The Kier molecular flexibility index (Phi) is 3.83. The zero-order valence-corrected chi connectivity index (χ0v) is 12.4. The van der Waals surface area contributed by atoms with E-state index in [0.29, 0.717) is 42.9 Å². The summed E-state index contributed by atoms with van der Waals surface area (Å²) in [4.78, 5) is 25.5. The molecule has 0 fully saturated rings. The number of anilines is 2. The van der Waals surface area contributed by atoms with E-state index >= 15 is 0 Å². The van der Waals surface area contributed by atoms with E-state index in [9.17, 15) is 14.0 Å². The summed E-state index contributed by atoms with van der Waals surface area (Å²) in [7, 11) is 0. The maximum Gasteiger partial charge on any atom is 0.322 e. The number of aryl methyl sites for hydroxylation is 1. The van der Waals surface area contributed by atoms with Crippen molar-refractivity contribution in [3.63, 3.8) is 0 Å². The number of hydrogen-bond acceptors (Lipinski definition) is 2. The molecule has 2 N–H and O–H groups in total. The number of amides is 3. The summed E-state index contributed by atoms with van der Waals surface area (Å²) in [5.74, 6) is -0.536. The third kappa shape index (κ3) is 2.95. The topological polar surface area (TPSA) is 61.4 Å². The summed E-state index contributed by atoms with van der Waals surface area (Å²) in [6.45, 7) is 3.22. The third-order valence-electron chi connectivity index (χ3n) is 4.04. The number of rotatable bonds is 1. The molecule has 6 heteroatoms. The lowest BCUT2D eigenvalue weighted by Crippen LogP contribution is -2.38. The molecule has 0 saturated carbocycles. The van der Waals surface area contributed by atoms with Crippen molar-refractivity contribution in [1.82, 2.24) is 4.90 Å². The highest BCUT2D eigenvalue weighted by Crippen LogP contribution is 2.32. The SMILES string of the molecule is CC1=CCN(C(=O)Nc2cc(F)cc3c2NC(=O)CC3)CC1. The zero-order chi connectivity index (χ0) is 15.7. The van der Waals surface area contributed by atoms with Gasteiger partial charge in [0.25, 0.3) is 0 Å². The second-order valence-corrected chi connectivity index (χ2v) is 5.71. The number of halogens is 1. The van der Waals surface area contributed by atoms with Gasteiger partial charge >= 0.3 is 6.03 Å². The summed E-state index contributed by atoms with van der Waals surface area (Å²) in [6, 6.07) is 2.36. The van der Waals surface area contributed by atoms with E-state index in [4.69, 9.17) is 0 Å². The minimum absolute atomic E-state index is 0.119. The van der Waals surface area contributed by atoms with Crippen LogP contribution < -0.4 is 10.6 Å². The molecule has 2 aliphatic rings. The van der Waals surface area contributed by atoms with Crippen LogP contribution in [0.3, 0.4) is 0 Å². The van der Waals surface area contributed by atoms with Crippen molar-refractivity contribution in [2.45, 2.75) is 26.2 Å². The van der Waals surface area contributed by atoms with E-state index in [2.05, 4.69) is 10.6 Å². The van der Waals surface area contributed by atoms with Gasteiger partial charge in [-0.1, -0.05) is 11.6 Å². The first-order chi connectivity index (χ1) is 10.5. The lowest BCUT2D eigenvalue weighted by molar-refractivity contribution is -0.116. The molecule has 0 unspecified atom stereocenters. The van der Waals surface area contributed by atoms with Gasteiger partial charge < -0.3 is 15.5 Å². The number of urea groups is 1. The quantitative estimate of drug-likeness (QED) is 0.784. The van der Waals surface area contributed by atoms with Crippen molar-refractivity contribution in [1.29, 1.82) is 0 Å². The molecule has 0 bridgehead atoms. The van der Waals surface area contributed by atoms with Gasteiger partial charge in [-0.2, -0.15) is 0 Å². The van der Waals surface area contributed by atoms with Crippen molar-refractivity contribution in [3.05, 3.63) is 35.2 Å². The van der Waals surface area contributed by atoms with Crippen LogP contribution in [0.2, 0.25) is 0 Å². The van der Waals surface area contributed by atoms with E-state index in [-0.39, 0.29) is 11.9 Å². The molecule has 2 heterocycles. The first kappa shape index (κ1) is 14.6. The van der Waals surface area contributed by atoms with E-state index < -0.39 is 5.82 Å². The maximum atomic E-state index is 13.7. The average molecular weight is 303 g/mol. The van der Waals surface area contributed by atoms with Crippen LogP contribution in [0.5, 0.6) is 0 Å². The fourth-order valence-electron chi connectivity index (χ4n) is 2.71. The number of hydrogen-bond donors (Lipinski definition) is 2. The maximum absolute atomic E-state index is 13.7. The van der Waals surface area contributed by atoms with Crippen LogP contribution in [0.15, 0.2) is 23.8 Å². The highest BCUT2D eigenvalue weighted by Gasteiger charge is 2.22. The van der Waals surface area contributed by atoms with Crippen molar-refractivity contribution < 1.29 is 14.0 Å². The van der Waals surface area contributed by atoms with Gasteiger partial charge in [0.2, 0.25) is 5.91 Å². The molecule has 0 spiro atoms. The molecular weight excluding hydrogens is 285 g/mol. The predicted molar refractivity (Wildman–Crippen MR) is 82.3 cm³/mol. The van der Waals surface area contributed by atoms with E-state index in [1.54, 1.807) is 4.90 Å². The Hall–Kier alpha value is -2.37.